The van der Waals surface area contributed by atoms with Crippen LogP contribution in [0.25, 0.3) is 0 Å². The molecule has 0 radical (unpaired) electrons. The summed E-state index contributed by atoms with van der Waals surface area (Å²) in [6.07, 6.45) is 0.417. The van der Waals surface area contributed by atoms with Crippen LogP contribution in [0.1, 0.15) is 12.5 Å². The summed E-state index contributed by atoms with van der Waals surface area (Å²) in [4.78, 5) is 10.8. The average Bonchev–Trinajstić information content (AvgIpc) is 2.23. The number of halogens is 2. The second-order valence-corrected chi connectivity index (χ2v) is 3.13. The molecule has 86 valence electrons. The Morgan fingerprint density at radius 1 is 1.69 bits per heavy atom. The standard InChI is InChI=1S/C10H10ClFN2O2/c1-2-16-10(15)14-13-6-7-8(11)4-3-5-9(7)12/h3-6H,2H2,1H3,(H,14,15)/b13-6+. The zero-order chi connectivity index (χ0) is 12.0. The summed E-state index contributed by atoms with van der Waals surface area (Å²) in [5.41, 5.74) is 2.18. The summed E-state index contributed by atoms with van der Waals surface area (Å²) >= 11 is 5.73. The van der Waals surface area contributed by atoms with Gasteiger partial charge in [0.05, 0.1) is 17.8 Å². The molecule has 0 saturated carbocycles. The average molecular weight is 245 g/mol. The first kappa shape index (κ1) is 12.4. The molecule has 16 heavy (non-hydrogen) atoms. The molecule has 1 rings (SSSR count). The van der Waals surface area contributed by atoms with Gasteiger partial charge in [-0.3, -0.25) is 0 Å². The van der Waals surface area contributed by atoms with E-state index in [1.54, 1.807) is 6.92 Å². The molecule has 0 spiro atoms. The monoisotopic (exact) mass is 244 g/mol. The Morgan fingerprint density at radius 3 is 3.06 bits per heavy atom. The van der Waals surface area contributed by atoms with Crippen LogP contribution in [-0.4, -0.2) is 18.9 Å². The van der Waals surface area contributed by atoms with Crippen molar-refractivity contribution >= 4 is 23.9 Å². The first-order valence-corrected chi connectivity index (χ1v) is 4.92. The second-order valence-electron chi connectivity index (χ2n) is 2.73. The Bertz CT molecular complexity index is 390. The SMILES string of the molecule is CCOC(=O)N/N=C/c1c(F)cccc1Cl. The van der Waals surface area contributed by atoms with E-state index >= 15 is 0 Å². The van der Waals surface area contributed by atoms with Crippen molar-refractivity contribution in [2.45, 2.75) is 6.92 Å². The maximum absolute atomic E-state index is 13.2. The summed E-state index contributed by atoms with van der Waals surface area (Å²) in [5, 5.41) is 3.72. The van der Waals surface area contributed by atoms with Crippen molar-refractivity contribution in [1.29, 1.82) is 0 Å². The van der Waals surface area contributed by atoms with Crippen molar-refractivity contribution in [3.8, 4) is 0 Å². The van der Waals surface area contributed by atoms with Gasteiger partial charge in [-0.25, -0.2) is 14.6 Å². The van der Waals surface area contributed by atoms with E-state index in [9.17, 15) is 9.18 Å². The number of hydrogen-bond donors (Lipinski definition) is 1. The number of hydrogen-bond acceptors (Lipinski definition) is 3. The van der Waals surface area contributed by atoms with Crippen molar-refractivity contribution in [1.82, 2.24) is 5.43 Å². The first-order chi connectivity index (χ1) is 7.65. The summed E-state index contributed by atoms with van der Waals surface area (Å²) in [6.45, 7) is 1.90. The molecule has 0 aliphatic rings. The number of nitrogens with one attached hydrogen (secondary N) is 1. The molecule has 0 fully saturated rings. The predicted octanol–water partition coefficient (Wildman–Crippen LogP) is 2.56. The maximum Gasteiger partial charge on any atom is 0.427 e. The topological polar surface area (TPSA) is 50.7 Å². The molecule has 0 heterocycles. The van der Waals surface area contributed by atoms with Gasteiger partial charge in [0.1, 0.15) is 5.82 Å². The van der Waals surface area contributed by atoms with Gasteiger partial charge in [-0.1, -0.05) is 17.7 Å². The highest BCUT2D eigenvalue weighted by molar-refractivity contribution is 6.33. The molecular weight excluding hydrogens is 235 g/mol. The fraction of sp³-hybridized carbons (Fsp3) is 0.200. The third-order valence-electron chi connectivity index (χ3n) is 1.62. The summed E-state index contributed by atoms with van der Waals surface area (Å²) < 4.78 is 17.8. The Hall–Kier alpha value is -1.62. The molecule has 1 aromatic carbocycles. The molecular formula is C10H10ClFN2O2. The molecule has 4 nitrogen and oxygen atoms in total. The van der Waals surface area contributed by atoms with Crippen molar-refractivity contribution in [3.05, 3.63) is 34.6 Å². The van der Waals surface area contributed by atoms with E-state index in [0.717, 1.165) is 6.21 Å². The second kappa shape index (κ2) is 6.07. The maximum atomic E-state index is 13.2. The highest BCUT2D eigenvalue weighted by Crippen LogP contribution is 2.16. The lowest BCUT2D eigenvalue weighted by molar-refractivity contribution is 0.152. The van der Waals surface area contributed by atoms with Gasteiger partial charge in [-0.05, 0) is 19.1 Å². The van der Waals surface area contributed by atoms with Crippen molar-refractivity contribution in [2.24, 2.45) is 5.10 Å². The van der Waals surface area contributed by atoms with Crippen molar-refractivity contribution in [3.63, 3.8) is 0 Å². The zero-order valence-corrected chi connectivity index (χ0v) is 9.29. The van der Waals surface area contributed by atoms with Gasteiger partial charge >= 0.3 is 6.09 Å². The van der Waals surface area contributed by atoms with Crippen LogP contribution >= 0.6 is 11.6 Å². The highest BCUT2D eigenvalue weighted by Gasteiger charge is 2.03. The van der Waals surface area contributed by atoms with Crippen LogP contribution in [0.15, 0.2) is 23.3 Å². The molecule has 1 amide bonds. The first-order valence-electron chi connectivity index (χ1n) is 4.55. The fourth-order valence-corrected chi connectivity index (χ4v) is 1.16. The van der Waals surface area contributed by atoms with Crippen LogP contribution in [0.4, 0.5) is 9.18 Å². The molecule has 6 heteroatoms. The molecule has 0 bridgehead atoms. The van der Waals surface area contributed by atoms with E-state index in [2.05, 4.69) is 15.3 Å². The summed E-state index contributed by atoms with van der Waals surface area (Å²) in [6, 6.07) is 4.25. The number of amides is 1. The minimum absolute atomic E-state index is 0.112. The van der Waals surface area contributed by atoms with E-state index in [1.165, 1.54) is 18.2 Å². The van der Waals surface area contributed by atoms with Gasteiger partial charge in [-0.2, -0.15) is 5.10 Å². The van der Waals surface area contributed by atoms with E-state index in [1.807, 2.05) is 0 Å². The van der Waals surface area contributed by atoms with Crippen LogP contribution in [0.5, 0.6) is 0 Å². The van der Waals surface area contributed by atoms with Gasteiger partial charge < -0.3 is 4.74 Å². The fourth-order valence-electron chi connectivity index (χ4n) is 0.947. The van der Waals surface area contributed by atoms with Crippen LogP contribution in [0.3, 0.4) is 0 Å². The van der Waals surface area contributed by atoms with Gasteiger partial charge in [0.25, 0.3) is 0 Å². The number of benzene rings is 1. The Kier molecular flexibility index (Phi) is 4.72. The van der Waals surface area contributed by atoms with Gasteiger partial charge in [0, 0.05) is 5.56 Å². The number of hydrazone groups is 1. The molecule has 0 aliphatic heterocycles. The van der Waals surface area contributed by atoms with E-state index in [4.69, 9.17) is 11.6 Å². The summed E-state index contributed by atoms with van der Waals surface area (Å²) in [5.74, 6) is -0.512. The van der Waals surface area contributed by atoms with Crippen LogP contribution in [0, 0.1) is 5.82 Å². The normalized spacial score (nSPS) is 10.4. The molecule has 0 atom stereocenters. The largest absolute Gasteiger partial charge is 0.449 e. The van der Waals surface area contributed by atoms with Gasteiger partial charge in [0.15, 0.2) is 0 Å². The van der Waals surface area contributed by atoms with Crippen LogP contribution in [0.2, 0.25) is 5.02 Å². The molecule has 0 saturated heterocycles. The Labute approximate surface area is 97.1 Å². The lowest BCUT2D eigenvalue weighted by Crippen LogP contribution is -2.18. The predicted molar refractivity (Wildman–Crippen MR) is 59.2 cm³/mol. The molecule has 1 aromatic rings. The Morgan fingerprint density at radius 2 is 2.44 bits per heavy atom. The van der Waals surface area contributed by atoms with Crippen molar-refractivity contribution in [2.75, 3.05) is 6.61 Å². The van der Waals surface area contributed by atoms with Gasteiger partial charge in [-0.15, -0.1) is 0 Å². The number of rotatable bonds is 3. The van der Waals surface area contributed by atoms with Crippen LogP contribution < -0.4 is 5.43 Å². The highest BCUT2D eigenvalue weighted by atomic mass is 35.5. The number of nitrogens with zero attached hydrogens (tertiary/aromatic N) is 1. The quantitative estimate of drug-likeness (QED) is 0.656. The van der Waals surface area contributed by atoms with E-state index < -0.39 is 11.9 Å². The van der Waals surface area contributed by atoms with E-state index in [0.29, 0.717) is 0 Å². The van der Waals surface area contributed by atoms with Crippen molar-refractivity contribution < 1.29 is 13.9 Å². The number of carbonyl (C=O) groups excluding carboxylic acids is 1. The molecule has 0 unspecified atom stereocenters. The lowest BCUT2D eigenvalue weighted by atomic mass is 10.2. The molecule has 0 aromatic heterocycles. The van der Waals surface area contributed by atoms with Crippen LogP contribution in [-0.2, 0) is 4.74 Å². The minimum Gasteiger partial charge on any atom is -0.449 e. The summed E-state index contributed by atoms with van der Waals surface area (Å²) in [7, 11) is 0. The number of ether oxygens (including phenoxy) is 1. The Balaban J connectivity index is 2.66. The molecule has 0 aliphatic carbocycles. The zero-order valence-electron chi connectivity index (χ0n) is 8.54. The van der Waals surface area contributed by atoms with Gasteiger partial charge in [0.2, 0.25) is 0 Å². The number of carbonyl (C=O) groups is 1. The lowest BCUT2D eigenvalue weighted by Gasteiger charge is -2.00. The molecule has 1 N–H and O–H groups in total. The van der Waals surface area contributed by atoms with E-state index in [-0.39, 0.29) is 17.2 Å². The smallest absolute Gasteiger partial charge is 0.427 e. The third-order valence-corrected chi connectivity index (χ3v) is 1.95. The third kappa shape index (κ3) is 3.51. The minimum atomic E-state index is -0.703.